The van der Waals surface area contributed by atoms with Gasteiger partial charge in [0.05, 0.1) is 40.9 Å². The quantitative estimate of drug-likeness (QED) is 0.210. The summed E-state index contributed by atoms with van der Waals surface area (Å²) in [5, 5.41) is 1.06. The summed E-state index contributed by atoms with van der Waals surface area (Å²) in [6, 6.07) is 13.3. The smallest absolute Gasteiger partial charge is 0.0659 e. The minimum atomic E-state index is 0.0538. The first-order valence-electron chi connectivity index (χ1n) is 16.7. The predicted molar refractivity (Wildman–Crippen MR) is 199 cm³/mol. The number of anilines is 4. The number of aryl methyl sites for hydroxylation is 1. The van der Waals surface area contributed by atoms with E-state index in [4.69, 9.17) is 10.7 Å². The summed E-state index contributed by atoms with van der Waals surface area (Å²) < 4.78 is 2.34. The van der Waals surface area contributed by atoms with Crippen LogP contribution in [0, 0.1) is 6.92 Å². The van der Waals surface area contributed by atoms with E-state index < -0.39 is 0 Å². The van der Waals surface area contributed by atoms with E-state index in [2.05, 4.69) is 102 Å². The molecule has 0 saturated carbocycles. The molecular weight excluding hydrogens is 607 g/mol. The van der Waals surface area contributed by atoms with Crippen LogP contribution in [0.15, 0.2) is 120 Å². The molecule has 0 radical (unpaired) electrons. The van der Waals surface area contributed by atoms with E-state index in [9.17, 15) is 0 Å². The van der Waals surface area contributed by atoms with Crippen molar-refractivity contribution in [2.24, 2.45) is 15.7 Å². The third-order valence-electron chi connectivity index (χ3n) is 9.99. The summed E-state index contributed by atoms with van der Waals surface area (Å²) in [4.78, 5) is 27.7. The number of pyridine rings is 3. The Morgan fingerprint density at radius 1 is 0.959 bits per heavy atom. The molecule has 3 atom stereocenters. The van der Waals surface area contributed by atoms with Crippen LogP contribution < -0.4 is 15.5 Å². The minimum Gasteiger partial charge on any atom is -0.405 e. The highest BCUT2D eigenvalue weighted by Gasteiger charge is 2.39. The van der Waals surface area contributed by atoms with Crippen molar-refractivity contribution in [3.05, 3.63) is 138 Å². The van der Waals surface area contributed by atoms with E-state index in [1.807, 2.05) is 62.6 Å². The molecule has 2 N–H and O–H groups in total. The Kier molecular flexibility index (Phi) is 6.86. The van der Waals surface area contributed by atoms with Crippen LogP contribution in [-0.4, -0.2) is 44.5 Å². The van der Waals surface area contributed by atoms with Crippen LogP contribution in [0.5, 0.6) is 0 Å². The lowest BCUT2D eigenvalue weighted by atomic mass is 9.90. The maximum Gasteiger partial charge on any atom is 0.0659 e. The molecule has 9 nitrogen and oxygen atoms in total. The number of aliphatic imine (C=N–C) groups is 2. The Balaban J connectivity index is 1.35. The molecular formula is C40H35N9. The van der Waals surface area contributed by atoms with Crippen LogP contribution >= 0.6 is 0 Å². The molecule has 240 valence electrons. The summed E-state index contributed by atoms with van der Waals surface area (Å²) in [5.74, 6) is 0.319. The molecule has 8 heterocycles. The van der Waals surface area contributed by atoms with Gasteiger partial charge in [-0.15, -0.1) is 0 Å². The van der Waals surface area contributed by atoms with Gasteiger partial charge >= 0.3 is 0 Å². The van der Waals surface area contributed by atoms with Crippen molar-refractivity contribution in [2.75, 3.05) is 16.3 Å². The molecule has 4 aliphatic heterocycles. The van der Waals surface area contributed by atoms with Crippen LogP contribution in [0.3, 0.4) is 0 Å². The Morgan fingerprint density at radius 2 is 1.82 bits per heavy atom. The third kappa shape index (κ3) is 4.57. The van der Waals surface area contributed by atoms with Crippen LogP contribution in [0.1, 0.15) is 53.3 Å². The minimum absolute atomic E-state index is 0.0538. The highest BCUT2D eigenvalue weighted by Crippen LogP contribution is 2.49. The lowest BCUT2D eigenvalue weighted by Gasteiger charge is -2.36. The number of allylic oxidation sites excluding steroid dienone is 2. The van der Waals surface area contributed by atoms with Gasteiger partial charge in [-0.2, -0.15) is 0 Å². The van der Waals surface area contributed by atoms with Gasteiger partial charge in [0.25, 0.3) is 0 Å². The average molecular weight is 642 g/mol. The zero-order chi connectivity index (χ0) is 33.1. The summed E-state index contributed by atoms with van der Waals surface area (Å²) in [6.45, 7) is 4.90. The first-order valence-corrected chi connectivity index (χ1v) is 16.7. The molecule has 1 aromatic carbocycles. The molecule has 0 aliphatic carbocycles. The molecule has 4 aliphatic rings. The second-order valence-electron chi connectivity index (χ2n) is 12.8. The average Bonchev–Trinajstić information content (AvgIpc) is 3.51. The predicted octanol–water partition coefficient (Wildman–Crippen LogP) is 7.77. The molecule has 4 aromatic heterocycles. The number of nitrogens with zero attached hydrogens (tertiary/aromatic N) is 8. The highest BCUT2D eigenvalue weighted by atomic mass is 15.2. The molecule has 0 bridgehead atoms. The monoisotopic (exact) mass is 641 g/mol. The maximum atomic E-state index is 6.13. The second kappa shape index (κ2) is 11.6. The molecule has 3 unspecified atom stereocenters. The molecule has 0 fully saturated rings. The summed E-state index contributed by atoms with van der Waals surface area (Å²) in [6.07, 6.45) is 29.0. The van der Waals surface area contributed by atoms with Crippen molar-refractivity contribution >= 4 is 52.2 Å². The second-order valence-corrected chi connectivity index (χ2v) is 12.8. The van der Waals surface area contributed by atoms with Crippen molar-refractivity contribution in [1.82, 2.24) is 19.5 Å². The van der Waals surface area contributed by atoms with Crippen LogP contribution in [0.4, 0.5) is 22.7 Å². The normalized spacial score (nSPS) is 20.4. The van der Waals surface area contributed by atoms with Gasteiger partial charge in [0.1, 0.15) is 0 Å². The topological polar surface area (TPSA) is 101 Å². The molecule has 0 amide bonds. The number of rotatable bonds is 5. The summed E-state index contributed by atoms with van der Waals surface area (Å²) in [7, 11) is 0. The van der Waals surface area contributed by atoms with Gasteiger partial charge in [-0.1, -0.05) is 19.1 Å². The molecule has 5 aromatic rings. The van der Waals surface area contributed by atoms with Gasteiger partial charge < -0.3 is 20.1 Å². The van der Waals surface area contributed by atoms with Crippen LogP contribution in [0.2, 0.25) is 0 Å². The fourth-order valence-electron chi connectivity index (χ4n) is 7.85. The summed E-state index contributed by atoms with van der Waals surface area (Å²) in [5.41, 5.74) is 19.0. The number of hydrogen-bond donors (Lipinski definition) is 1. The zero-order valence-electron chi connectivity index (χ0n) is 27.3. The third-order valence-corrected chi connectivity index (χ3v) is 9.99. The molecule has 49 heavy (non-hydrogen) atoms. The van der Waals surface area contributed by atoms with Crippen LogP contribution in [-0.2, 0) is 0 Å². The van der Waals surface area contributed by atoms with Gasteiger partial charge in [-0.05, 0) is 74.2 Å². The fourth-order valence-corrected chi connectivity index (χ4v) is 7.85. The van der Waals surface area contributed by atoms with Gasteiger partial charge in [0.2, 0.25) is 0 Å². The van der Waals surface area contributed by atoms with E-state index in [-0.39, 0.29) is 17.9 Å². The van der Waals surface area contributed by atoms with Gasteiger partial charge in [-0.3, -0.25) is 24.9 Å². The first-order chi connectivity index (χ1) is 24.1. The Bertz CT molecular complexity index is 2320. The Morgan fingerprint density at radius 3 is 2.71 bits per heavy atom. The summed E-state index contributed by atoms with van der Waals surface area (Å²) >= 11 is 0. The number of fused-ring (bicyclic) bond motifs is 7. The van der Waals surface area contributed by atoms with Gasteiger partial charge in [-0.25, -0.2) is 0 Å². The zero-order valence-corrected chi connectivity index (χ0v) is 27.3. The number of hydrogen-bond acceptors (Lipinski definition) is 8. The van der Waals surface area contributed by atoms with Crippen molar-refractivity contribution in [1.29, 1.82) is 0 Å². The lowest BCUT2D eigenvalue weighted by Crippen LogP contribution is -2.30. The van der Waals surface area contributed by atoms with E-state index in [1.165, 1.54) is 11.1 Å². The van der Waals surface area contributed by atoms with Gasteiger partial charge in [0.15, 0.2) is 0 Å². The Labute approximate surface area is 284 Å². The number of aromatic nitrogens is 4. The van der Waals surface area contributed by atoms with E-state index in [1.54, 1.807) is 6.20 Å². The molecule has 9 rings (SSSR count). The largest absolute Gasteiger partial charge is 0.405 e. The van der Waals surface area contributed by atoms with E-state index in [0.717, 1.165) is 68.4 Å². The van der Waals surface area contributed by atoms with E-state index in [0.29, 0.717) is 6.54 Å². The highest BCUT2D eigenvalue weighted by molar-refractivity contribution is 6.04. The van der Waals surface area contributed by atoms with Gasteiger partial charge in [0, 0.05) is 106 Å². The van der Waals surface area contributed by atoms with Crippen LogP contribution in [0.25, 0.3) is 22.7 Å². The maximum absolute atomic E-state index is 6.13. The van der Waals surface area contributed by atoms with Crippen molar-refractivity contribution in [2.45, 2.75) is 38.1 Å². The fraction of sp³-hybridized carbons (Fsp3) is 0.175. The number of nitrogens with two attached hydrogens (primary N) is 1. The molecule has 0 spiro atoms. The molecule has 0 saturated heterocycles. The SMILES string of the molecule is CCC1C=C(/C=C\N)N(c2cc(N3c4ccncc4C4C=NC=CC43)cc(-n3c4c(c5cnccc53)C=NCC=C4)c2)c2cc(C)ncc21. The standard InChI is InChI=1S/C40H35N9/c1-3-26-16-27(6-10-41)47(40-15-25(2)46-24-31(26)40)28-17-29(48-36-5-4-11-42-20-32(36)33-21-43-12-7-37(33)48)19-30(18-28)49-38-8-13-44-22-34(38)35-23-45-14-9-39(35)49/h4-10,12-24,26,34,38H,3,11,41H2,1-2H3/b10-6-. The Hall–Kier alpha value is -6.09. The first kappa shape index (κ1) is 29.1. The van der Waals surface area contributed by atoms with Crippen molar-refractivity contribution in [3.63, 3.8) is 0 Å². The van der Waals surface area contributed by atoms with E-state index >= 15 is 0 Å². The van der Waals surface area contributed by atoms with Crippen molar-refractivity contribution < 1.29 is 0 Å². The lowest BCUT2D eigenvalue weighted by molar-refractivity contribution is 0.774. The van der Waals surface area contributed by atoms with Crippen molar-refractivity contribution in [3.8, 4) is 5.69 Å². The number of benzene rings is 1. The molecule has 9 heteroatoms.